The van der Waals surface area contributed by atoms with Crippen molar-refractivity contribution in [3.8, 4) is 6.07 Å². The number of nitrogens with zero attached hydrogens (tertiary/aromatic N) is 5. The first-order chi connectivity index (χ1) is 9.86. The molecule has 0 aliphatic carbocycles. The lowest BCUT2D eigenvalue weighted by molar-refractivity contribution is -0.142. The minimum atomic E-state index is -4.65. The maximum atomic E-state index is 12.8. The molecule has 2 aromatic heterocycles. The van der Waals surface area contributed by atoms with Gasteiger partial charge in [-0.25, -0.2) is 9.97 Å². The van der Waals surface area contributed by atoms with E-state index < -0.39 is 33.1 Å². The van der Waals surface area contributed by atoms with Gasteiger partial charge >= 0.3 is 6.18 Å². The second kappa shape index (κ2) is 5.84. The predicted molar refractivity (Wildman–Crippen MR) is 71.2 cm³/mol. The van der Waals surface area contributed by atoms with Gasteiger partial charge in [-0.3, -0.25) is 7.75 Å². The topological polar surface area (TPSA) is 84.5 Å². The Morgan fingerprint density at radius 1 is 1.38 bits per heavy atom. The molecule has 0 aromatic carbocycles. The third-order valence-electron chi connectivity index (χ3n) is 2.60. The van der Waals surface area contributed by atoms with Gasteiger partial charge in [-0.1, -0.05) is 0 Å². The fourth-order valence-corrected chi connectivity index (χ4v) is 2.80. The van der Waals surface area contributed by atoms with Crippen LogP contribution in [0.1, 0.15) is 22.8 Å². The lowest BCUT2D eigenvalue weighted by Gasteiger charge is -2.03. The summed E-state index contributed by atoms with van der Waals surface area (Å²) < 4.78 is 50.3. The van der Waals surface area contributed by atoms with Gasteiger partial charge in [0, 0.05) is 12.4 Å². The summed E-state index contributed by atoms with van der Waals surface area (Å²) in [5.41, 5.74) is -0.701. The Kier molecular flexibility index (Phi) is 4.31. The molecular weight excluding hydrogens is 402 g/mol. The Labute approximate surface area is 127 Å². The zero-order valence-corrected chi connectivity index (χ0v) is 12.7. The molecule has 110 valence electrons. The monoisotopic (exact) mass is 409 g/mol. The summed E-state index contributed by atoms with van der Waals surface area (Å²) >= 11 is -2.00. The molecule has 6 nitrogen and oxygen atoms in total. The van der Waals surface area contributed by atoms with E-state index in [2.05, 4.69) is 15.1 Å². The zero-order chi connectivity index (χ0) is 15.6. The highest BCUT2D eigenvalue weighted by Gasteiger charge is 2.39. The van der Waals surface area contributed by atoms with Gasteiger partial charge < -0.3 is 0 Å². The lowest BCUT2D eigenvalue weighted by atomic mass is 10.3. The van der Waals surface area contributed by atoms with Gasteiger partial charge in [-0.05, 0) is 6.92 Å². The van der Waals surface area contributed by atoms with Crippen molar-refractivity contribution < 1.29 is 16.2 Å². The van der Waals surface area contributed by atoms with Gasteiger partial charge in [0.1, 0.15) is 18.4 Å². The second-order valence-electron chi connectivity index (χ2n) is 3.98. The zero-order valence-electron chi connectivity index (χ0n) is 10.5. The number of nitriles is 1. The highest BCUT2D eigenvalue weighted by Crippen LogP contribution is 2.34. The van der Waals surface area contributed by atoms with Crippen LogP contribution in [0, 0.1) is 21.8 Å². The fourth-order valence-electron chi connectivity index (χ4n) is 1.58. The van der Waals surface area contributed by atoms with Crippen LogP contribution in [0.25, 0.3) is 0 Å². The number of halogens is 4. The first-order valence-corrected chi connectivity index (χ1v) is 7.45. The van der Waals surface area contributed by atoms with Gasteiger partial charge in [0.05, 0.1) is 14.8 Å². The minimum absolute atomic E-state index is 0.0929. The van der Waals surface area contributed by atoms with Gasteiger partial charge in [0.25, 0.3) is 0 Å². The van der Waals surface area contributed by atoms with E-state index in [1.54, 1.807) is 0 Å². The maximum absolute atomic E-state index is 12.8. The van der Waals surface area contributed by atoms with Crippen molar-refractivity contribution in [3.05, 3.63) is 38.7 Å². The third-order valence-corrected chi connectivity index (χ3v) is 4.34. The average Bonchev–Trinajstić information content (AvgIpc) is 2.76. The molecule has 0 unspecified atom stereocenters. The van der Waals surface area contributed by atoms with Gasteiger partial charge in [-0.2, -0.15) is 23.5 Å². The van der Waals surface area contributed by atoms with E-state index in [1.807, 2.05) is 6.07 Å². The molecule has 0 amide bonds. The summed E-state index contributed by atoms with van der Waals surface area (Å²) in [7, 11) is 0. The Morgan fingerprint density at radius 2 is 2.00 bits per heavy atom. The first kappa shape index (κ1) is 15.5. The van der Waals surface area contributed by atoms with Crippen LogP contribution in [0.3, 0.4) is 0 Å². The number of alkyl halides is 3. The smallest absolute Gasteiger partial charge is 0.265 e. The average molecular weight is 409 g/mol. The first-order valence-electron chi connectivity index (χ1n) is 5.49. The molecule has 0 bridgehead atoms. The van der Waals surface area contributed by atoms with E-state index in [0.29, 0.717) is 0 Å². The van der Waals surface area contributed by atoms with Crippen LogP contribution in [-0.2, 0) is 15.8 Å². The van der Waals surface area contributed by atoms with Crippen molar-refractivity contribution in [3.63, 3.8) is 0 Å². The van der Waals surface area contributed by atoms with Crippen LogP contribution in [0.2, 0.25) is 0 Å². The Bertz CT molecular complexity index is 717. The molecule has 0 N–H and O–H groups in total. The summed E-state index contributed by atoms with van der Waals surface area (Å²) in [5.74, 6) is 0.212. The number of aromatic nitrogens is 4. The van der Waals surface area contributed by atoms with Gasteiger partial charge in [-0.15, -0.1) is 0 Å². The molecule has 0 spiro atoms. The molecule has 0 saturated heterocycles. The van der Waals surface area contributed by atoms with Crippen LogP contribution in [0.5, 0.6) is 0 Å². The largest absolute Gasteiger partial charge is 0.436 e. The summed E-state index contributed by atoms with van der Waals surface area (Å²) in [6.45, 7) is 1.32. The summed E-state index contributed by atoms with van der Waals surface area (Å²) in [6.07, 6.45) is -2.11. The normalized spacial score (nSPS) is 11.4. The highest BCUT2D eigenvalue weighted by atomic mass is 127. The molecule has 2 heterocycles. The van der Waals surface area contributed by atoms with Gasteiger partial charge in [0.15, 0.2) is 26.9 Å². The van der Waals surface area contributed by atoms with E-state index in [1.165, 1.54) is 19.3 Å². The van der Waals surface area contributed by atoms with Crippen molar-refractivity contribution in [2.45, 2.75) is 19.6 Å². The number of rotatable bonds is 3. The van der Waals surface area contributed by atoms with E-state index in [9.17, 15) is 16.2 Å². The molecule has 0 saturated carbocycles. The van der Waals surface area contributed by atoms with Crippen molar-refractivity contribution >= 4 is 21.2 Å². The number of hydrogen-bond acceptors (Lipinski definition) is 5. The standard InChI is InChI=1S/C11H7F3IN5O/c1-6-9(15-21)10(11(12,13)14)19-20(6)5-8-17-3-7(2-16)4-18-8/h3-4H,5H2,1H3. The molecular formula is C11H7F3IN5O. The van der Waals surface area contributed by atoms with E-state index in [4.69, 9.17) is 5.26 Å². The second-order valence-corrected chi connectivity index (χ2v) is 5.50. The molecule has 0 atom stereocenters. The van der Waals surface area contributed by atoms with Gasteiger partial charge in [0.2, 0.25) is 0 Å². The fraction of sp³-hybridized carbons (Fsp3) is 0.273. The predicted octanol–water partition coefficient (Wildman–Crippen LogP) is 2.41. The SMILES string of the molecule is Cc1c(I=O)c(C(F)(F)F)nn1Cc1ncc(C#N)cn1. The molecule has 2 rings (SSSR count). The Balaban J connectivity index is 2.38. The molecule has 0 radical (unpaired) electrons. The van der Waals surface area contributed by atoms with E-state index in [-0.39, 0.29) is 27.2 Å². The van der Waals surface area contributed by atoms with E-state index in [0.717, 1.165) is 4.68 Å². The number of hydrogen-bond donors (Lipinski definition) is 0. The molecule has 2 aromatic rings. The van der Waals surface area contributed by atoms with Crippen molar-refractivity contribution in [1.29, 1.82) is 5.26 Å². The summed E-state index contributed by atoms with van der Waals surface area (Å²) in [4.78, 5) is 7.74. The molecule has 10 heteroatoms. The molecule has 21 heavy (non-hydrogen) atoms. The minimum Gasteiger partial charge on any atom is -0.265 e. The molecule has 0 aliphatic heterocycles. The van der Waals surface area contributed by atoms with Crippen LogP contribution in [0.15, 0.2) is 12.4 Å². The van der Waals surface area contributed by atoms with Crippen LogP contribution in [0.4, 0.5) is 13.2 Å². The van der Waals surface area contributed by atoms with Crippen LogP contribution < -0.4 is 0 Å². The maximum Gasteiger partial charge on any atom is 0.436 e. The Hall–Kier alpha value is -1.90. The highest BCUT2D eigenvalue weighted by molar-refractivity contribution is 14.1. The summed E-state index contributed by atoms with van der Waals surface area (Å²) in [6, 6.07) is 1.84. The van der Waals surface area contributed by atoms with E-state index >= 15 is 0 Å². The van der Waals surface area contributed by atoms with Crippen LogP contribution in [-0.4, -0.2) is 19.7 Å². The Morgan fingerprint density at radius 3 is 2.43 bits per heavy atom. The summed E-state index contributed by atoms with van der Waals surface area (Å²) in [5, 5.41) is 12.1. The van der Waals surface area contributed by atoms with Crippen molar-refractivity contribution in [2.24, 2.45) is 0 Å². The van der Waals surface area contributed by atoms with Crippen LogP contribution >= 0.6 is 21.2 Å². The lowest BCUT2D eigenvalue weighted by Crippen LogP contribution is -2.11. The van der Waals surface area contributed by atoms with Crippen molar-refractivity contribution in [1.82, 2.24) is 19.7 Å². The molecule has 0 fully saturated rings. The third kappa shape index (κ3) is 3.23. The van der Waals surface area contributed by atoms with Crippen molar-refractivity contribution in [2.75, 3.05) is 0 Å². The molecule has 0 aliphatic rings. The quantitative estimate of drug-likeness (QED) is 0.728.